The maximum absolute atomic E-state index is 5.25. The van der Waals surface area contributed by atoms with E-state index in [-0.39, 0.29) is 0 Å². The largest absolute Gasteiger partial charge is 0.361 e. The minimum Gasteiger partial charge on any atom is -0.361 e. The SMILES string of the molecule is CC(C)c1cc(CNCc2cn(C(C)C)cn2)no1. The van der Waals surface area contributed by atoms with E-state index < -0.39 is 0 Å². The van der Waals surface area contributed by atoms with Gasteiger partial charge in [-0.15, -0.1) is 0 Å². The molecule has 2 aromatic heterocycles. The number of hydrogen-bond acceptors (Lipinski definition) is 4. The predicted molar refractivity (Wildman–Crippen MR) is 73.7 cm³/mol. The van der Waals surface area contributed by atoms with Crippen molar-refractivity contribution in [3.05, 3.63) is 35.7 Å². The Morgan fingerprint density at radius 2 is 1.95 bits per heavy atom. The fraction of sp³-hybridized carbons (Fsp3) is 0.571. The Hall–Kier alpha value is -1.62. The second-order valence-corrected chi connectivity index (χ2v) is 5.38. The van der Waals surface area contributed by atoms with E-state index in [1.165, 1.54) is 0 Å². The van der Waals surface area contributed by atoms with Gasteiger partial charge in [0.2, 0.25) is 0 Å². The zero-order valence-corrected chi connectivity index (χ0v) is 12.1. The molecule has 0 amide bonds. The lowest BCUT2D eigenvalue weighted by atomic mass is 10.1. The second-order valence-electron chi connectivity index (χ2n) is 5.38. The van der Waals surface area contributed by atoms with E-state index in [1.54, 1.807) is 0 Å². The highest BCUT2D eigenvalue weighted by molar-refractivity contribution is 5.08. The molecule has 0 aromatic carbocycles. The van der Waals surface area contributed by atoms with Crippen LogP contribution in [0.2, 0.25) is 0 Å². The summed E-state index contributed by atoms with van der Waals surface area (Å²) < 4.78 is 7.36. The van der Waals surface area contributed by atoms with Gasteiger partial charge in [0.15, 0.2) is 0 Å². The molecule has 104 valence electrons. The smallest absolute Gasteiger partial charge is 0.139 e. The summed E-state index contributed by atoms with van der Waals surface area (Å²) in [6, 6.07) is 2.45. The molecule has 0 radical (unpaired) electrons. The zero-order valence-electron chi connectivity index (χ0n) is 12.1. The van der Waals surface area contributed by atoms with E-state index in [2.05, 4.69) is 53.9 Å². The van der Waals surface area contributed by atoms with Crippen molar-refractivity contribution >= 4 is 0 Å². The molecule has 2 aromatic rings. The van der Waals surface area contributed by atoms with Gasteiger partial charge in [-0.25, -0.2) is 4.98 Å². The Kier molecular flexibility index (Phi) is 4.37. The Morgan fingerprint density at radius 3 is 2.53 bits per heavy atom. The summed E-state index contributed by atoms with van der Waals surface area (Å²) in [5.41, 5.74) is 1.98. The van der Waals surface area contributed by atoms with Crippen LogP contribution in [0.25, 0.3) is 0 Å². The molecule has 0 aliphatic rings. The molecule has 0 fully saturated rings. The maximum atomic E-state index is 5.25. The summed E-state index contributed by atoms with van der Waals surface area (Å²) in [4.78, 5) is 4.36. The van der Waals surface area contributed by atoms with E-state index in [1.807, 2.05) is 12.4 Å². The van der Waals surface area contributed by atoms with Crippen molar-refractivity contribution in [1.82, 2.24) is 20.0 Å². The van der Waals surface area contributed by atoms with Crippen LogP contribution in [0.4, 0.5) is 0 Å². The molecule has 0 aliphatic heterocycles. The first-order chi connectivity index (χ1) is 9.06. The maximum Gasteiger partial charge on any atom is 0.139 e. The van der Waals surface area contributed by atoms with Crippen molar-refractivity contribution in [2.75, 3.05) is 0 Å². The minimum absolute atomic E-state index is 0.378. The van der Waals surface area contributed by atoms with E-state index >= 15 is 0 Å². The molecule has 5 nitrogen and oxygen atoms in total. The van der Waals surface area contributed by atoms with Crippen LogP contribution in [0, 0.1) is 0 Å². The van der Waals surface area contributed by atoms with Crippen LogP contribution < -0.4 is 5.32 Å². The lowest BCUT2D eigenvalue weighted by Gasteiger charge is -2.04. The van der Waals surface area contributed by atoms with Crippen LogP contribution in [-0.4, -0.2) is 14.7 Å². The van der Waals surface area contributed by atoms with Crippen molar-refractivity contribution < 1.29 is 4.52 Å². The van der Waals surface area contributed by atoms with Crippen LogP contribution in [0.15, 0.2) is 23.1 Å². The quantitative estimate of drug-likeness (QED) is 0.869. The zero-order chi connectivity index (χ0) is 13.8. The Labute approximate surface area is 114 Å². The summed E-state index contributed by atoms with van der Waals surface area (Å²) in [5.74, 6) is 1.31. The van der Waals surface area contributed by atoms with Gasteiger partial charge in [-0.1, -0.05) is 19.0 Å². The van der Waals surface area contributed by atoms with Gasteiger partial charge in [0.1, 0.15) is 5.76 Å². The number of rotatable bonds is 6. The summed E-state index contributed by atoms with van der Waals surface area (Å²) in [6.45, 7) is 9.91. The number of nitrogens with one attached hydrogen (secondary N) is 1. The molecule has 0 unspecified atom stereocenters. The summed E-state index contributed by atoms with van der Waals surface area (Å²) >= 11 is 0. The lowest BCUT2D eigenvalue weighted by molar-refractivity contribution is 0.364. The number of imidazole rings is 1. The average molecular weight is 262 g/mol. The first-order valence-corrected chi connectivity index (χ1v) is 6.75. The van der Waals surface area contributed by atoms with Crippen molar-refractivity contribution in [1.29, 1.82) is 0 Å². The van der Waals surface area contributed by atoms with Gasteiger partial charge < -0.3 is 14.4 Å². The van der Waals surface area contributed by atoms with Gasteiger partial charge >= 0.3 is 0 Å². The fourth-order valence-corrected chi connectivity index (χ4v) is 1.76. The highest BCUT2D eigenvalue weighted by Crippen LogP contribution is 2.14. The van der Waals surface area contributed by atoms with Gasteiger partial charge in [-0.3, -0.25) is 0 Å². The first-order valence-electron chi connectivity index (χ1n) is 6.75. The van der Waals surface area contributed by atoms with Crippen LogP contribution in [0.1, 0.15) is 56.8 Å². The molecule has 0 bridgehead atoms. The van der Waals surface area contributed by atoms with Crippen LogP contribution in [0.3, 0.4) is 0 Å². The van der Waals surface area contributed by atoms with Crippen molar-refractivity contribution in [3.8, 4) is 0 Å². The molecule has 0 atom stereocenters. The highest BCUT2D eigenvalue weighted by atomic mass is 16.5. The third kappa shape index (κ3) is 3.67. The molecular formula is C14H22N4O. The Morgan fingerprint density at radius 1 is 1.21 bits per heavy atom. The molecule has 0 saturated heterocycles. The molecule has 1 N–H and O–H groups in total. The van der Waals surface area contributed by atoms with Crippen LogP contribution in [-0.2, 0) is 13.1 Å². The summed E-state index contributed by atoms with van der Waals surface area (Å²) in [6.07, 6.45) is 3.94. The molecule has 5 heteroatoms. The lowest BCUT2D eigenvalue weighted by Crippen LogP contribution is -2.13. The average Bonchev–Trinajstić information content (AvgIpc) is 2.97. The monoisotopic (exact) mass is 262 g/mol. The van der Waals surface area contributed by atoms with E-state index in [0.29, 0.717) is 18.5 Å². The van der Waals surface area contributed by atoms with Gasteiger partial charge in [-0.05, 0) is 13.8 Å². The van der Waals surface area contributed by atoms with Gasteiger partial charge in [0.25, 0.3) is 0 Å². The molecule has 0 spiro atoms. The topological polar surface area (TPSA) is 55.9 Å². The second kappa shape index (κ2) is 6.02. The van der Waals surface area contributed by atoms with Crippen molar-refractivity contribution in [3.63, 3.8) is 0 Å². The van der Waals surface area contributed by atoms with Gasteiger partial charge in [0.05, 0.1) is 17.7 Å². The Bertz CT molecular complexity index is 467. The number of nitrogens with zero attached hydrogens (tertiary/aromatic N) is 3. The fourth-order valence-electron chi connectivity index (χ4n) is 1.76. The number of hydrogen-bond donors (Lipinski definition) is 1. The molecule has 0 saturated carbocycles. The predicted octanol–water partition coefficient (Wildman–Crippen LogP) is 2.87. The van der Waals surface area contributed by atoms with Crippen LogP contribution >= 0.6 is 0 Å². The minimum atomic E-state index is 0.378. The van der Waals surface area contributed by atoms with Gasteiger partial charge in [0, 0.05) is 37.3 Å². The summed E-state index contributed by atoms with van der Waals surface area (Å²) in [7, 11) is 0. The third-order valence-electron chi connectivity index (χ3n) is 3.01. The van der Waals surface area contributed by atoms with E-state index in [9.17, 15) is 0 Å². The molecular weight excluding hydrogens is 240 g/mol. The molecule has 0 aliphatic carbocycles. The standard InChI is InChI=1S/C14H22N4O/c1-10(2)14-5-12(17-19-14)6-15-7-13-8-18(9-16-13)11(3)4/h5,8-11,15H,6-7H2,1-4H3. The molecule has 19 heavy (non-hydrogen) atoms. The highest BCUT2D eigenvalue weighted by Gasteiger charge is 2.07. The molecule has 2 rings (SSSR count). The first kappa shape index (κ1) is 13.8. The van der Waals surface area contributed by atoms with Gasteiger partial charge in [-0.2, -0.15) is 0 Å². The van der Waals surface area contributed by atoms with Crippen molar-refractivity contribution in [2.45, 2.75) is 52.7 Å². The van der Waals surface area contributed by atoms with E-state index in [0.717, 1.165) is 23.7 Å². The number of aromatic nitrogens is 3. The molecule has 2 heterocycles. The normalized spacial score (nSPS) is 11.7. The summed E-state index contributed by atoms with van der Waals surface area (Å²) in [5, 5.41) is 7.36. The third-order valence-corrected chi connectivity index (χ3v) is 3.01. The van der Waals surface area contributed by atoms with E-state index in [4.69, 9.17) is 4.52 Å². The van der Waals surface area contributed by atoms with Crippen LogP contribution in [0.5, 0.6) is 0 Å². The van der Waals surface area contributed by atoms with Crippen molar-refractivity contribution in [2.24, 2.45) is 0 Å². The Balaban J connectivity index is 1.82.